The first-order valence-electron chi connectivity index (χ1n) is 9.48. The van der Waals surface area contributed by atoms with Crippen molar-refractivity contribution in [2.45, 2.75) is 19.5 Å². The molecule has 0 spiro atoms. The van der Waals surface area contributed by atoms with Gasteiger partial charge in [0.25, 0.3) is 0 Å². The molecule has 1 aliphatic rings. The Labute approximate surface area is 191 Å². The van der Waals surface area contributed by atoms with Crippen LogP contribution in [-0.2, 0) is 19.5 Å². The Bertz CT molecular complexity index is 1220. The maximum atomic E-state index is 11.1. The standard InChI is InChI=1S/C22H17BrN4O3S/c23-16-8-15(21(28)19(9-16)27(29)30)11-25-22-18(10-24)17-6-7-26(13-20(17)31-22)12-14-4-2-1-3-5-14/h1-5,8-9,11,28H,6-7,12-13H2. The van der Waals surface area contributed by atoms with E-state index in [0.29, 0.717) is 15.0 Å². The first-order valence-corrected chi connectivity index (χ1v) is 11.1. The van der Waals surface area contributed by atoms with Crippen LogP contribution in [0.15, 0.2) is 51.9 Å². The minimum absolute atomic E-state index is 0.210. The smallest absolute Gasteiger partial charge is 0.312 e. The topological polar surface area (TPSA) is 103 Å². The molecule has 0 fully saturated rings. The Morgan fingerprint density at radius 1 is 1.35 bits per heavy atom. The van der Waals surface area contributed by atoms with Gasteiger partial charge < -0.3 is 5.11 Å². The van der Waals surface area contributed by atoms with Crippen LogP contribution in [0.25, 0.3) is 0 Å². The molecule has 0 aliphatic carbocycles. The summed E-state index contributed by atoms with van der Waals surface area (Å²) in [5, 5.41) is 31.6. The molecular formula is C22H17BrN4O3S. The molecule has 0 radical (unpaired) electrons. The van der Waals surface area contributed by atoms with E-state index >= 15 is 0 Å². The van der Waals surface area contributed by atoms with Gasteiger partial charge in [-0.15, -0.1) is 11.3 Å². The largest absolute Gasteiger partial charge is 0.502 e. The van der Waals surface area contributed by atoms with Crippen LogP contribution in [-0.4, -0.2) is 27.7 Å². The number of phenolic OH excluding ortho intramolecular Hbond substituents is 1. The summed E-state index contributed by atoms with van der Waals surface area (Å²) >= 11 is 4.67. The Morgan fingerprint density at radius 2 is 2.13 bits per heavy atom. The molecule has 0 atom stereocenters. The summed E-state index contributed by atoms with van der Waals surface area (Å²) in [6.07, 6.45) is 2.14. The van der Waals surface area contributed by atoms with Gasteiger partial charge in [0.1, 0.15) is 11.1 Å². The number of fused-ring (bicyclic) bond motifs is 1. The molecule has 0 saturated carbocycles. The van der Waals surface area contributed by atoms with Crippen molar-refractivity contribution in [3.63, 3.8) is 0 Å². The molecule has 156 valence electrons. The minimum atomic E-state index is -0.649. The zero-order valence-electron chi connectivity index (χ0n) is 16.3. The van der Waals surface area contributed by atoms with Crippen LogP contribution in [0.4, 0.5) is 10.7 Å². The second kappa shape index (κ2) is 8.98. The maximum Gasteiger partial charge on any atom is 0.312 e. The Kier molecular flexibility index (Phi) is 6.13. The van der Waals surface area contributed by atoms with E-state index in [4.69, 9.17) is 0 Å². The average Bonchev–Trinajstić information content (AvgIpc) is 3.11. The Morgan fingerprint density at radius 3 is 2.84 bits per heavy atom. The predicted molar refractivity (Wildman–Crippen MR) is 123 cm³/mol. The van der Waals surface area contributed by atoms with Crippen LogP contribution in [0.5, 0.6) is 5.75 Å². The number of hydrogen-bond donors (Lipinski definition) is 1. The lowest BCUT2D eigenvalue weighted by atomic mass is 10.0. The van der Waals surface area contributed by atoms with Crippen LogP contribution in [0.2, 0.25) is 0 Å². The summed E-state index contributed by atoms with van der Waals surface area (Å²) in [4.78, 5) is 18.3. The highest BCUT2D eigenvalue weighted by Gasteiger charge is 2.24. The highest BCUT2D eigenvalue weighted by atomic mass is 79.9. The van der Waals surface area contributed by atoms with Gasteiger partial charge in [0, 0.05) is 46.8 Å². The van der Waals surface area contributed by atoms with E-state index in [2.05, 4.69) is 44.0 Å². The highest BCUT2D eigenvalue weighted by Crippen LogP contribution is 2.39. The number of nitriles is 1. The highest BCUT2D eigenvalue weighted by molar-refractivity contribution is 9.10. The molecule has 2 aromatic carbocycles. The number of aliphatic imine (C=N–C) groups is 1. The number of thiophene rings is 1. The lowest BCUT2D eigenvalue weighted by molar-refractivity contribution is -0.385. The summed E-state index contributed by atoms with van der Waals surface area (Å²) in [6, 6.07) is 15.3. The van der Waals surface area contributed by atoms with Crippen molar-refractivity contribution in [1.82, 2.24) is 4.90 Å². The fraction of sp³-hybridized carbons (Fsp3) is 0.182. The average molecular weight is 497 g/mol. The van der Waals surface area contributed by atoms with Gasteiger partial charge in [-0.25, -0.2) is 4.99 Å². The number of aromatic hydroxyl groups is 1. The molecule has 3 aromatic rings. The van der Waals surface area contributed by atoms with Gasteiger partial charge in [-0.3, -0.25) is 15.0 Å². The zero-order chi connectivity index (χ0) is 22.0. The molecule has 0 amide bonds. The number of nitro benzene ring substituents is 1. The fourth-order valence-corrected chi connectivity index (χ4v) is 5.24. The third-order valence-corrected chi connectivity index (χ3v) is 6.66. The van der Waals surface area contributed by atoms with E-state index in [9.17, 15) is 20.5 Å². The van der Waals surface area contributed by atoms with Gasteiger partial charge >= 0.3 is 5.69 Å². The number of halogens is 1. The molecule has 9 heteroatoms. The lowest BCUT2D eigenvalue weighted by Crippen LogP contribution is -2.29. The van der Waals surface area contributed by atoms with Crippen molar-refractivity contribution in [2.24, 2.45) is 4.99 Å². The van der Waals surface area contributed by atoms with Crippen molar-refractivity contribution >= 4 is 44.2 Å². The molecule has 7 nitrogen and oxygen atoms in total. The van der Waals surface area contributed by atoms with E-state index in [1.54, 1.807) is 6.07 Å². The lowest BCUT2D eigenvalue weighted by Gasteiger charge is -2.26. The quantitative estimate of drug-likeness (QED) is 0.293. The molecule has 31 heavy (non-hydrogen) atoms. The van der Waals surface area contributed by atoms with Crippen LogP contribution in [0, 0.1) is 21.4 Å². The normalized spacial score (nSPS) is 13.8. The number of rotatable bonds is 5. The molecule has 2 heterocycles. The van der Waals surface area contributed by atoms with Gasteiger partial charge in [0.05, 0.1) is 10.5 Å². The van der Waals surface area contributed by atoms with Crippen LogP contribution in [0.1, 0.15) is 27.1 Å². The van der Waals surface area contributed by atoms with Crippen LogP contribution >= 0.6 is 27.3 Å². The molecule has 1 aliphatic heterocycles. The van der Waals surface area contributed by atoms with E-state index in [0.717, 1.165) is 36.5 Å². The molecule has 0 bridgehead atoms. The van der Waals surface area contributed by atoms with Crippen molar-refractivity contribution in [3.8, 4) is 11.8 Å². The van der Waals surface area contributed by atoms with Gasteiger partial charge in [-0.2, -0.15) is 5.26 Å². The summed E-state index contributed by atoms with van der Waals surface area (Å²) in [5.41, 5.74) is 2.61. The summed E-state index contributed by atoms with van der Waals surface area (Å²) in [7, 11) is 0. The van der Waals surface area contributed by atoms with Crippen molar-refractivity contribution in [1.29, 1.82) is 5.26 Å². The van der Waals surface area contributed by atoms with Gasteiger partial charge in [0.15, 0.2) is 0 Å². The third kappa shape index (κ3) is 4.51. The zero-order valence-corrected chi connectivity index (χ0v) is 18.7. The number of hydrogen-bond acceptors (Lipinski definition) is 7. The predicted octanol–water partition coefficient (Wildman–Crippen LogP) is 5.30. The SMILES string of the molecule is N#Cc1c(N=Cc2cc(Br)cc([N+](=O)[O-])c2O)sc2c1CCN(Cc1ccccc1)C2. The molecule has 0 saturated heterocycles. The molecular weight excluding hydrogens is 480 g/mol. The second-order valence-electron chi connectivity index (χ2n) is 7.12. The van der Waals surface area contributed by atoms with Crippen molar-refractivity contribution in [3.05, 3.63) is 84.2 Å². The number of nitro groups is 1. The molecule has 0 unspecified atom stereocenters. The summed E-state index contributed by atoms with van der Waals surface area (Å²) in [5.74, 6) is -0.453. The second-order valence-corrected chi connectivity index (χ2v) is 9.12. The van der Waals surface area contributed by atoms with Crippen LogP contribution < -0.4 is 0 Å². The molecule has 4 rings (SSSR count). The van der Waals surface area contributed by atoms with E-state index in [-0.39, 0.29) is 5.56 Å². The van der Waals surface area contributed by atoms with Gasteiger partial charge in [-0.1, -0.05) is 46.3 Å². The first-order chi connectivity index (χ1) is 15.0. The summed E-state index contributed by atoms with van der Waals surface area (Å²) < 4.78 is 0.459. The number of phenols is 1. The van der Waals surface area contributed by atoms with Crippen LogP contribution in [0.3, 0.4) is 0 Å². The third-order valence-electron chi connectivity index (χ3n) is 5.08. The number of nitrogens with zero attached hydrogens (tertiary/aromatic N) is 4. The summed E-state index contributed by atoms with van der Waals surface area (Å²) in [6.45, 7) is 2.44. The monoisotopic (exact) mass is 496 g/mol. The number of benzene rings is 2. The van der Waals surface area contributed by atoms with Gasteiger partial charge in [0.2, 0.25) is 5.75 Å². The minimum Gasteiger partial charge on any atom is -0.502 e. The molecule has 1 N–H and O–H groups in total. The first kappa shape index (κ1) is 21.2. The van der Waals surface area contributed by atoms with E-state index < -0.39 is 16.4 Å². The van der Waals surface area contributed by atoms with Gasteiger partial charge in [-0.05, 0) is 23.6 Å². The Balaban J connectivity index is 1.61. The Hall–Kier alpha value is -3.06. The van der Waals surface area contributed by atoms with E-state index in [1.165, 1.54) is 29.2 Å². The maximum absolute atomic E-state index is 11.1. The molecule has 1 aromatic heterocycles. The van der Waals surface area contributed by atoms with Crippen molar-refractivity contribution in [2.75, 3.05) is 6.54 Å². The fourth-order valence-electron chi connectivity index (χ4n) is 3.60. The van der Waals surface area contributed by atoms with Crippen molar-refractivity contribution < 1.29 is 10.0 Å². The van der Waals surface area contributed by atoms with E-state index in [1.807, 2.05) is 18.2 Å².